The summed E-state index contributed by atoms with van der Waals surface area (Å²) in [6.45, 7) is 4.91. The monoisotopic (exact) mass is 278 g/mol. The zero-order valence-corrected chi connectivity index (χ0v) is 12.5. The molecule has 0 bridgehead atoms. The van der Waals surface area contributed by atoms with Gasteiger partial charge in [0.2, 0.25) is 0 Å². The van der Waals surface area contributed by atoms with Gasteiger partial charge in [0, 0.05) is 18.8 Å². The molecule has 0 radical (unpaired) electrons. The molecule has 2 heterocycles. The third-order valence-electron chi connectivity index (χ3n) is 2.78. The van der Waals surface area contributed by atoms with Crippen molar-refractivity contribution in [1.82, 2.24) is 19.7 Å². The van der Waals surface area contributed by atoms with Gasteiger partial charge < -0.3 is 4.90 Å². The summed E-state index contributed by atoms with van der Waals surface area (Å²) in [6, 6.07) is 6.06. The summed E-state index contributed by atoms with van der Waals surface area (Å²) in [4.78, 5) is 6.44. The average Bonchev–Trinajstić information content (AvgIpc) is 2.67. The third kappa shape index (κ3) is 2.96. The minimum atomic E-state index is 0.241. The maximum absolute atomic E-state index is 6.50. The van der Waals surface area contributed by atoms with Gasteiger partial charge in [-0.25, -0.2) is 0 Å². The Morgan fingerprint density at radius 1 is 1.32 bits per heavy atom. The number of aromatic nitrogens is 3. The topological polar surface area (TPSA) is 34.0 Å². The molecule has 0 spiro atoms. The average molecular weight is 279 g/mol. The lowest BCUT2D eigenvalue weighted by molar-refractivity contribution is 0.391. The summed E-state index contributed by atoms with van der Waals surface area (Å²) in [7, 11) is 4.01. The molecule has 102 valence electrons. The van der Waals surface area contributed by atoms with Crippen LogP contribution < -0.4 is 0 Å². The summed E-state index contributed by atoms with van der Waals surface area (Å²) in [5.74, 6) is 0. The Hall–Kier alpha value is -1.39. The lowest BCUT2D eigenvalue weighted by Crippen LogP contribution is -2.12. The number of rotatable bonds is 4. The van der Waals surface area contributed by atoms with Gasteiger partial charge in [-0.15, -0.1) is 0 Å². The zero-order valence-electron chi connectivity index (χ0n) is 11.8. The number of halogens is 1. The molecule has 0 aliphatic heterocycles. The number of hydrogen-bond donors (Lipinski definition) is 0. The van der Waals surface area contributed by atoms with E-state index in [1.54, 1.807) is 6.20 Å². The first kappa shape index (κ1) is 14.0. The van der Waals surface area contributed by atoms with Crippen LogP contribution in [-0.4, -0.2) is 33.8 Å². The van der Waals surface area contributed by atoms with E-state index in [1.165, 1.54) is 0 Å². The van der Waals surface area contributed by atoms with Gasteiger partial charge >= 0.3 is 0 Å². The van der Waals surface area contributed by atoms with Crippen molar-refractivity contribution < 1.29 is 0 Å². The number of pyridine rings is 1. The predicted molar refractivity (Wildman–Crippen MR) is 78.2 cm³/mol. The van der Waals surface area contributed by atoms with E-state index in [9.17, 15) is 0 Å². The van der Waals surface area contributed by atoms with Crippen molar-refractivity contribution in [1.29, 1.82) is 0 Å². The van der Waals surface area contributed by atoms with Crippen LogP contribution in [0.5, 0.6) is 0 Å². The molecule has 19 heavy (non-hydrogen) atoms. The molecule has 0 amide bonds. The van der Waals surface area contributed by atoms with E-state index in [4.69, 9.17) is 11.6 Å². The number of nitrogens with zero attached hydrogens (tertiary/aromatic N) is 4. The van der Waals surface area contributed by atoms with E-state index in [1.807, 2.05) is 37.0 Å². The maximum Gasteiger partial charge on any atom is 0.106 e. The normalized spacial score (nSPS) is 11.5. The first-order valence-electron chi connectivity index (χ1n) is 6.33. The molecule has 0 saturated heterocycles. The SMILES string of the molecule is CC(C)n1nc(CN(C)C)c(Cl)c1-c1ccccn1. The molecule has 2 aromatic heterocycles. The Labute approximate surface area is 119 Å². The van der Waals surface area contributed by atoms with Gasteiger partial charge in [-0.3, -0.25) is 9.67 Å². The van der Waals surface area contributed by atoms with Crippen molar-refractivity contribution in [3.05, 3.63) is 35.1 Å². The van der Waals surface area contributed by atoms with E-state index in [0.29, 0.717) is 5.02 Å². The maximum atomic E-state index is 6.50. The Bertz CT molecular complexity index is 546. The molecular formula is C14H19ClN4. The van der Waals surface area contributed by atoms with Crippen LogP contribution in [0.15, 0.2) is 24.4 Å². The van der Waals surface area contributed by atoms with Crippen molar-refractivity contribution >= 4 is 11.6 Å². The van der Waals surface area contributed by atoms with Gasteiger partial charge in [0.15, 0.2) is 0 Å². The van der Waals surface area contributed by atoms with Crippen LogP contribution in [0, 0.1) is 0 Å². The molecule has 0 atom stereocenters. The molecule has 2 rings (SSSR count). The van der Waals surface area contributed by atoms with Gasteiger partial charge in [0.1, 0.15) is 5.69 Å². The van der Waals surface area contributed by atoms with Crippen molar-refractivity contribution in [2.24, 2.45) is 0 Å². The van der Waals surface area contributed by atoms with Crippen LogP contribution >= 0.6 is 11.6 Å². The summed E-state index contributed by atoms with van der Waals surface area (Å²) in [5.41, 5.74) is 2.65. The fraction of sp³-hybridized carbons (Fsp3) is 0.429. The molecule has 5 heteroatoms. The van der Waals surface area contributed by atoms with Crippen LogP contribution in [0.1, 0.15) is 25.6 Å². The lowest BCUT2D eigenvalue weighted by atomic mass is 10.2. The fourth-order valence-corrected chi connectivity index (χ4v) is 2.25. The van der Waals surface area contributed by atoms with Gasteiger partial charge in [0.25, 0.3) is 0 Å². The van der Waals surface area contributed by atoms with Crippen LogP contribution in [-0.2, 0) is 6.54 Å². The van der Waals surface area contributed by atoms with Crippen LogP contribution in [0.2, 0.25) is 5.02 Å². The molecule has 0 saturated carbocycles. The molecule has 0 fully saturated rings. The van der Waals surface area contributed by atoms with Crippen molar-refractivity contribution in [2.75, 3.05) is 14.1 Å². The molecule has 0 aromatic carbocycles. The Balaban J connectivity index is 2.55. The molecule has 0 aliphatic rings. The molecular weight excluding hydrogens is 260 g/mol. The van der Waals surface area contributed by atoms with Gasteiger partial charge in [-0.2, -0.15) is 5.10 Å². The second kappa shape index (κ2) is 5.72. The molecule has 2 aromatic rings. The summed E-state index contributed by atoms with van der Waals surface area (Å²) in [5, 5.41) is 5.32. The van der Waals surface area contributed by atoms with E-state index in [2.05, 4.69) is 28.8 Å². The quantitative estimate of drug-likeness (QED) is 0.861. The van der Waals surface area contributed by atoms with Crippen LogP contribution in [0.25, 0.3) is 11.4 Å². The Morgan fingerprint density at radius 2 is 2.05 bits per heavy atom. The second-order valence-corrected chi connectivity index (χ2v) is 5.48. The van der Waals surface area contributed by atoms with Crippen molar-refractivity contribution in [3.63, 3.8) is 0 Å². The predicted octanol–water partition coefficient (Wildman–Crippen LogP) is 3.24. The van der Waals surface area contributed by atoms with E-state index >= 15 is 0 Å². The highest BCUT2D eigenvalue weighted by Crippen LogP contribution is 2.32. The van der Waals surface area contributed by atoms with Crippen LogP contribution in [0.4, 0.5) is 0 Å². The first-order valence-corrected chi connectivity index (χ1v) is 6.71. The van der Waals surface area contributed by atoms with E-state index in [-0.39, 0.29) is 6.04 Å². The zero-order chi connectivity index (χ0) is 14.0. The lowest BCUT2D eigenvalue weighted by Gasteiger charge is -2.10. The molecule has 4 nitrogen and oxygen atoms in total. The molecule has 0 N–H and O–H groups in total. The highest BCUT2D eigenvalue weighted by Gasteiger charge is 2.20. The fourth-order valence-electron chi connectivity index (χ4n) is 1.97. The Kier molecular flexibility index (Phi) is 4.22. The summed E-state index contributed by atoms with van der Waals surface area (Å²) >= 11 is 6.50. The van der Waals surface area contributed by atoms with Gasteiger partial charge in [-0.1, -0.05) is 17.7 Å². The van der Waals surface area contributed by atoms with Crippen molar-refractivity contribution in [3.8, 4) is 11.4 Å². The molecule has 0 unspecified atom stereocenters. The van der Waals surface area contributed by atoms with E-state index < -0.39 is 0 Å². The van der Waals surface area contributed by atoms with Gasteiger partial charge in [0.05, 0.1) is 16.4 Å². The second-order valence-electron chi connectivity index (χ2n) is 5.10. The van der Waals surface area contributed by atoms with Crippen LogP contribution in [0.3, 0.4) is 0 Å². The molecule has 0 aliphatic carbocycles. The standard InChI is InChI=1S/C14H19ClN4/c1-10(2)19-14(11-7-5-6-8-16-11)13(15)12(17-19)9-18(3)4/h5-8,10H,9H2,1-4H3. The van der Waals surface area contributed by atoms with Gasteiger partial charge in [-0.05, 0) is 40.1 Å². The van der Waals surface area contributed by atoms with E-state index in [0.717, 1.165) is 23.6 Å². The highest BCUT2D eigenvalue weighted by atomic mass is 35.5. The summed E-state index contributed by atoms with van der Waals surface area (Å²) < 4.78 is 1.95. The first-order chi connectivity index (χ1) is 9.00. The minimum absolute atomic E-state index is 0.241. The smallest absolute Gasteiger partial charge is 0.106 e. The highest BCUT2D eigenvalue weighted by molar-refractivity contribution is 6.33. The minimum Gasteiger partial charge on any atom is -0.303 e. The Morgan fingerprint density at radius 3 is 2.58 bits per heavy atom. The number of hydrogen-bond acceptors (Lipinski definition) is 3. The van der Waals surface area contributed by atoms with Crippen molar-refractivity contribution in [2.45, 2.75) is 26.4 Å². The largest absolute Gasteiger partial charge is 0.303 e. The summed E-state index contributed by atoms with van der Waals surface area (Å²) in [6.07, 6.45) is 1.77. The third-order valence-corrected chi connectivity index (χ3v) is 3.18.